The maximum absolute atomic E-state index is 12.7. The molecule has 3 aromatic rings. The minimum absolute atomic E-state index is 0.0177. The Morgan fingerprint density at radius 1 is 0.971 bits per heavy atom. The van der Waals surface area contributed by atoms with E-state index < -0.39 is 32.5 Å². The number of amides is 1. The summed E-state index contributed by atoms with van der Waals surface area (Å²) in [6.07, 6.45) is 1.01. The van der Waals surface area contributed by atoms with E-state index in [1.54, 1.807) is 49.4 Å². The van der Waals surface area contributed by atoms with E-state index in [1.807, 2.05) is 0 Å². The molecule has 1 amide bonds. The van der Waals surface area contributed by atoms with Crippen LogP contribution in [0, 0.1) is 6.92 Å². The van der Waals surface area contributed by atoms with Gasteiger partial charge in [0.25, 0.3) is 10.0 Å². The summed E-state index contributed by atoms with van der Waals surface area (Å²) < 4.78 is 54.0. The Morgan fingerprint density at radius 3 is 2.24 bits per heavy atom. The molecule has 0 aliphatic carbocycles. The minimum atomic E-state index is -3.89. The molecular formula is C22H21BrClN3O5S2. The average molecular weight is 587 g/mol. The van der Waals surface area contributed by atoms with E-state index in [2.05, 4.69) is 26.0 Å². The molecule has 0 aromatic heterocycles. The zero-order valence-electron chi connectivity index (χ0n) is 18.1. The first-order valence-corrected chi connectivity index (χ1v) is 14.3. The van der Waals surface area contributed by atoms with Gasteiger partial charge in [0.2, 0.25) is 15.9 Å². The van der Waals surface area contributed by atoms with Crippen LogP contribution in [0.25, 0.3) is 0 Å². The van der Waals surface area contributed by atoms with Crippen LogP contribution in [0.2, 0.25) is 5.02 Å². The molecule has 0 atom stereocenters. The van der Waals surface area contributed by atoms with E-state index in [0.717, 1.165) is 10.6 Å². The van der Waals surface area contributed by atoms with Crippen LogP contribution in [0.1, 0.15) is 5.56 Å². The van der Waals surface area contributed by atoms with Crippen LogP contribution in [0.5, 0.6) is 0 Å². The smallest absolute Gasteiger partial charge is 0.261 e. The van der Waals surface area contributed by atoms with Crippen molar-refractivity contribution in [2.75, 3.05) is 27.1 Å². The second kappa shape index (κ2) is 10.3. The number of nitrogens with one attached hydrogen (secondary N) is 2. The third-order valence-electron chi connectivity index (χ3n) is 4.77. The highest BCUT2D eigenvalue weighted by Gasteiger charge is 2.23. The quantitative estimate of drug-likeness (QED) is 0.400. The lowest BCUT2D eigenvalue weighted by Gasteiger charge is -2.23. The zero-order valence-corrected chi connectivity index (χ0v) is 22.1. The normalized spacial score (nSPS) is 11.6. The second-order valence-corrected chi connectivity index (χ2v) is 12.2. The number of carbonyl (C=O) groups excluding carboxylic acids is 1. The molecular weight excluding hydrogens is 566 g/mol. The third kappa shape index (κ3) is 6.29. The molecule has 3 aromatic carbocycles. The molecule has 2 N–H and O–H groups in total. The maximum Gasteiger partial charge on any atom is 0.261 e. The van der Waals surface area contributed by atoms with Crippen LogP contribution >= 0.6 is 27.5 Å². The van der Waals surface area contributed by atoms with Crippen molar-refractivity contribution >= 4 is 70.5 Å². The van der Waals surface area contributed by atoms with Crippen LogP contribution < -0.4 is 14.3 Å². The fourth-order valence-electron chi connectivity index (χ4n) is 3.01. The zero-order chi connectivity index (χ0) is 25.1. The SMILES string of the molecule is Cc1c(Cl)cccc1NS(=O)(=O)c1ccc(NC(=O)CN(c2ccccc2Br)S(C)(=O)=O)cc1. The summed E-state index contributed by atoms with van der Waals surface area (Å²) in [7, 11) is -7.64. The van der Waals surface area contributed by atoms with Crippen LogP contribution in [-0.4, -0.2) is 35.5 Å². The molecule has 0 saturated carbocycles. The molecule has 0 saturated heterocycles. The Hall–Kier alpha value is -2.60. The molecule has 0 bridgehead atoms. The van der Waals surface area contributed by atoms with Crippen molar-refractivity contribution in [3.05, 3.63) is 81.8 Å². The number of carbonyl (C=O) groups is 1. The molecule has 0 fully saturated rings. The minimum Gasteiger partial charge on any atom is -0.325 e. The largest absolute Gasteiger partial charge is 0.325 e. The third-order valence-corrected chi connectivity index (χ3v) is 8.36. The summed E-state index contributed by atoms with van der Waals surface area (Å²) in [6.45, 7) is 1.24. The molecule has 0 aliphatic heterocycles. The Balaban J connectivity index is 1.74. The number of benzene rings is 3. The average Bonchev–Trinajstić information content (AvgIpc) is 2.75. The first kappa shape index (κ1) is 26.0. The fourth-order valence-corrected chi connectivity index (χ4v) is 5.79. The van der Waals surface area contributed by atoms with E-state index >= 15 is 0 Å². The summed E-state index contributed by atoms with van der Waals surface area (Å²) >= 11 is 9.35. The molecule has 0 aliphatic rings. The number of halogens is 2. The van der Waals surface area contributed by atoms with Gasteiger partial charge in [0.05, 0.1) is 22.5 Å². The highest BCUT2D eigenvalue weighted by molar-refractivity contribution is 9.10. The summed E-state index contributed by atoms with van der Waals surface area (Å²) in [4.78, 5) is 12.6. The van der Waals surface area contributed by atoms with E-state index in [9.17, 15) is 21.6 Å². The monoisotopic (exact) mass is 585 g/mol. The van der Waals surface area contributed by atoms with Crippen molar-refractivity contribution in [2.45, 2.75) is 11.8 Å². The topological polar surface area (TPSA) is 113 Å². The van der Waals surface area contributed by atoms with Gasteiger partial charge in [-0.3, -0.25) is 13.8 Å². The lowest BCUT2D eigenvalue weighted by molar-refractivity contribution is -0.114. The number of para-hydroxylation sites is 1. The van der Waals surface area contributed by atoms with Gasteiger partial charge in [-0.25, -0.2) is 16.8 Å². The second-order valence-electron chi connectivity index (χ2n) is 7.31. The van der Waals surface area contributed by atoms with Crippen molar-refractivity contribution in [3.8, 4) is 0 Å². The van der Waals surface area contributed by atoms with Gasteiger partial charge in [0.15, 0.2) is 0 Å². The summed E-state index contributed by atoms with van der Waals surface area (Å²) in [5, 5.41) is 3.02. The van der Waals surface area contributed by atoms with Gasteiger partial charge in [-0.15, -0.1) is 0 Å². The van der Waals surface area contributed by atoms with Crippen LogP contribution in [0.15, 0.2) is 76.1 Å². The number of nitrogens with zero attached hydrogens (tertiary/aromatic N) is 1. The van der Waals surface area contributed by atoms with Gasteiger partial charge in [-0.1, -0.05) is 29.8 Å². The predicted molar refractivity (Wildman–Crippen MR) is 138 cm³/mol. The van der Waals surface area contributed by atoms with Gasteiger partial charge in [-0.05, 0) is 76.9 Å². The van der Waals surface area contributed by atoms with Crippen LogP contribution in [0.4, 0.5) is 17.1 Å². The van der Waals surface area contributed by atoms with E-state index in [4.69, 9.17) is 11.6 Å². The first-order valence-electron chi connectivity index (χ1n) is 9.78. The lowest BCUT2D eigenvalue weighted by atomic mass is 10.2. The number of sulfonamides is 2. The van der Waals surface area contributed by atoms with Crippen molar-refractivity contribution in [1.29, 1.82) is 0 Å². The molecule has 0 unspecified atom stereocenters. The van der Waals surface area contributed by atoms with Gasteiger partial charge < -0.3 is 5.32 Å². The molecule has 0 spiro atoms. The Morgan fingerprint density at radius 2 is 1.62 bits per heavy atom. The van der Waals surface area contributed by atoms with Gasteiger partial charge in [0.1, 0.15) is 6.54 Å². The highest BCUT2D eigenvalue weighted by Crippen LogP contribution is 2.28. The van der Waals surface area contributed by atoms with Gasteiger partial charge in [0, 0.05) is 15.2 Å². The van der Waals surface area contributed by atoms with Crippen LogP contribution in [-0.2, 0) is 24.8 Å². The molecule has 12 heteroatoms. The van der Waals surface area contributed by atoms with Crippen molar-refractivity contribution in [2.24, 2.45) is 0 Å². The number of rotatable bonds is 8. The van der Waals surface area contributed by atoms with E-state index in [1.165, 1.54) is 24.3 Å². The van der Waals surface area contributed by atoms with Crippen molar-refractivity contribution < 1.29 is 21.6 Å². The molecule has 8 nitrogen and oxygen atoms in total. The molecule has 0 heterocycles. The van der Waals surface area contributed by atoms with E-state index in [0.29, 0.717) is 32.1 Å². The van der Waals surface area contributed by atoms with Gasteiger partial charge in [-0.2, -0.15) is 0 Å². The van der Waals surface area contributed by atoms with Crippen molar-refractivity contribution in [1.82, 2.24) is 0 Å². The summed E-state index contributed by atoms with van der Waals surface area (Å²) in [6, 6.07) is 17.0. The van der Waals surface area contributed by atoms with Gasteiger partial charge >= 0.3 is 0 Å². The lowest BCUT2D eigenvalue weighted by Crippen LogP contribution is -2.37. The Kier molecular flexibility index (Phi) is 7.91. The molecule has 34 heavy (non-hydrogen) atoms. The Bertz CT molecular complexity index is 1430. The van der Waals surface area contributed by atoms with Crippen molar-refractivity contribution in [3.63, 3.8) is 0 Å². The Labute approximate surface area is 212 Å². The molecule has 3 rings (SSSR count). The fraction of sp³-hybridized carbons (Fsp3) is 0.136. The maximum atomic E-state index is 12.7. The standard InChI is InChI=1S/C22H21BrClN3O5S2/c1-15-19(24)7-5-8-20(15)26-34(31,32)17-12-10-16(11-13-17)25-22(28)14-27(33(2,29)30)21-9-4-3-6-18(21)23/h3-13,26H,14H2,1-2H3,(H,25,28). The highest BCUT2D eigenvalue weighted by atomic mass is 79.9. The first-order chi connectivity index (χ1) is 15.9. The number of hydrogen-bond donors (Lipinski definition) is 2. The number of anilines is 3. The molecule has 180 valence electrons. The van der Waals surface area contributed by atoms with E-state index in [-0.39, 0.29) is 4.90 Å². The summed E-state index contributed by atoms with van der Waals surface area (Å²) in [5.41, 5.74) is 1.59. The predicted octanol–water partition coefficient (Wildman–Crippen LogP) is 4.62. The number of hydrogen-bond acceptors (Lipinski definition) is 5. The van der Waals surface area contributed by atoms with Crippen LogP contribution in [0.3, 0.4) is 0 Å². The molecule has 0 radical (unpaired) electrons. The summed E-state index contributed by atoms with van der Waals surface area (Å²) in [5.74, 6) is -0.593.